The molecule has 0 aromatic carbocycles. The van der Waals surface area contributed by atoms with Crippen molar-refractivity contribution >= 4 is 23.2 Å². The van der Waals surface area contributed by atoms with E-state index in [0.717, 1.165) is 41.1 Å². The van der Waals surface area contributed by atoms with Crippen LogP contribution in [0.4, 0.5) is 10.3 Å². The number of halogens is 1. The van der Waals surface area contributed by atoms with Gasteiger partial charge in [0.05, 0.1) is 28.5 Å². The number of carbonyl (C=O) groups is 1. The quantitative estimate of drug-likeness (QED) is 0.939. The molecule has 4 rings (SSSR count). The first-order valence-corrected chi connectivity index (χ1v) is 8.12. The molecule has 1 amide bonds. The van der Waals surface area contributed by atoms with Crippen LogP contribution in [0, 0.1) is 0 Å². The maximum Gasteiger partial charge on any atom is 0.258 e. The number of fused-ring (bicyclic) bond motifs is 1. The summed E-state index contributed by atoms with van der Waals surface area (Å²) >= 11 is 1.35. The lowest BCUT2D eigenvalue weighted by Gasteiger charge is -2.34. The van der Waals surface area contributed by atoms with Gasteiger partial charge in [-0.1, -0.05) is 0 Å². The van der Waals surface area contributed by atoms with Gasteiger partial charge in [0.2, 0.25) is 5.95 Å². The zero-order valence-electron chi connectivity index (χ0n) is 11.9. The summed E-state index contributed by atoms with van der Waals surface area (Å²) in [6.45, 7) is 0.713. The Balaban J connectivity index is 1.78. The Morgan fingerprint density at radius 3 is 2.82 bits per heavy atom. The molecule has 1 saturated heterocycles. The van der Waals surface area contributed by atoms with Gasteiger partial charge < -0.3 is 10.6 Å². The van der Waals surface area contributed by atoms with Gasteiger partial charge in [-0.15, -0.1) is 11.3 Å². The van der Waals surface area contributed by atoms with Crippen molar-refractivity contribution in [2.24, 2.45) is 5.73 Å². The fourth-order valence-electron chi connectivity index (χ4n) is 2.95. The molecule has 2 aliphatic rings. The van der Waals surface area contributed by atoms with Crippen LogP contribution in [-0.4, -0.2) is 35.1 Å². The van der Waals surface area contributed by atoms with Crippen LogP contribution in [0.25, 0.3) is 10.6 Å². The molecular weight excluding hydrogens is 303 g/mol. The number of aryl methyl sites for hydroxylation is 1. The molecule has 5 nitrogen and oxygen atoms in total. The van der Waals surface area contributed by atoms with Crippen molar-refractivity contribution in [3.05, 3.63) is 28.3 Å². The molecule has 1 aliphatic carbocycles. The fourth-order valence-corrected chi connectivity index (χ4v) is 3.83. The number of hydrogen-bond acceptors (Lipinski definition) is 5. The highest BCUT2D eigenvalue weighted by molar-refractivity contribution is 7.17. The van der Waals surface area contributed by atoms with Gasteiger partial charge in [-0.3, -0.25) is 4.79 Å². The Morgan fingerprint density at radius 1 is 1.32 bits per heavy atom. The summed E-state index contributed by atoms with van der Waals surface area (Å²) in [6.07, 6.45) is 2.14. The fraction of sp³-hybridized carbons (Fsp3) is 0.400. The van der Waals surface area contributed by atoms with Crippen molar-refractivity contribution < 1.29 is 9.18 Å². The van der Waals surface area contributed by atoms with Gasteiger partial charge in [0.1, 0.15) is 6.17 Å². The number of nitrogens with two attached hydrogens (primary N) is 1. The Hall–Kier alpha value is -2.02. The lowest BCUT2D eigenvalue weighted by atomic mass is 10.1. The summed E-state index contributed by atoms with van der Waals surface area (Å²) in [4.78, 5) is 23.8. The van der Waals surface area contributed by atoms with Crippen molar-refractivity contribution in [1.29, 1.82) is 0 Å². The van der Waals surface area contributed by atoms with E-state index >= 15 is 0 Å². The monoisotopic (exact) mass is 318 g/mol. The van der Waals surface area contributed by atoms with Gasteiger partial charge in [-0.2, -0.15) is 0 Å². The molecule has 0 bridgehead atoms. The number of thiophene rings is 1. The summed E-state index contributed by atoms with van der Waals surface area (Å²) < 4.78 is 13.1. The van der Waals surface area contributed by atoms with Crippen LogP contribution in [0.1, 0.15) is 27.3 Å². The SMILES string of the molecule is NC(=O)c1ccc(-c2nc(N3CC(F)C3)nc3c2CCC3)s1. The van der Waals surface area contributed by atoms with Crippen molar-refractivity contribution in [2.45, 2.75) is 25.4 Å². The number of nitrogens with zero attached hydrogens (tertiary/aromatic N) is 3. The van der Waals surface area contributed by atoms with E-state index in [1.54, 1.807) is 6.07 Å². The van der Waals surface area contributed by atoms with Crippen LogP contribution in [0.5, 0.6) is 0 Å². The van der Waals surface area contributed by atoms with Crippen molar-refractivity contribution in [2.75, 3.05) is 18.0 Å². The number of aromatic nitrogens is 2. The molecule has 2 N–H and O–H groups in total. The van der Waals surface area contributed by atoms with Crippen LogP contribution in [-0.2, 0) is 12.8 Å². The van der Waals surface area contributed by atoms with E-state index in [1.807, 2.05) is 11.0 Å². The Kier molecular flexibility index (Phi) is 3.11. The summed E-state index contributed by atoms with van der Waals surface area (Å²) in [5.41, 5.74) is 8.41. The number of amides is 1. The third-order valence-electron chi connectivity index (χ3n) is 4.12. The Morgan fingerprint density at radius 2 is 2.14 bits per heavy atom. The highest BCUT2D eigenvalue weighted by atomic mass is 32.1. The lowest BCUT2D eigenvalue weighted by Crippen LogP contribution is -2.49. The maximum atomic E-state index is 13.1. The van der Waals surface area contributed by atoms with Gasteiger partial charge >= 0.3 is 0 Å². The smallest absolute Gasteiger partial charge is 0.258 e. The van der Waals surface area contributed by atoms with E-state index in [1.165, 1.54) is 11.3 Å². The van der Waals surface area contributed by atoms with E-state index in [0.29, 0.717) is 23.9 Å². The molecule has 1 aliphatic heterocycles. The molecule has 0 atom stereocenters. The first-order chi connectivity index (χ1) is 10.6. The molecule has 0 unspecified atom stereocenters. The van der Waals surface area contributed by atoms with Crippen LogP contribution in [0.15, 0.2) is 12.1 Å². The normalized spacial score (nSPS) is 17.4. The molecule has 2 aromatic rings. The highest BCUT2D eigenvalue weighted by Crippen LogP contribution is 2.36. The minimum atomic E-state index is -0.788. The van der Waals surface area contributed by atoms with E-state index in [9.17, 15) is 9.18 Å². The molecule has 22 heavy (non-hydrogen) atoms. The second-order valence-corrected chi connectivity index (χ2v) is 6.77. The first-order valence-electron chi connectivity index (χ1n) is 7.30. The van der Waals surface area contributed by atoms with E-state index in [-0.39, 0.29) is 0 Å². The molecule has 2 aromatic heterocycles. The molecule has 7 heteroatoms. The Bertz CT molecular complexity index is 754. The van der Waals surface area contributed by atoms with Gasteiger partial charge in [0, 0.05) is 11.3 Å². The minimum absolute atomic E-state index is 0.356. The van der Waals surface area contributed by atoms with Crippen molar-refractivity contribution in [3.63, 3.8) is 0 Å². The number of carbonyl (C=O) groups excluding carboxylic acids is 1. The largest absolute Gasteiger partial charge is 0.365 e. The van der Waals surface area contributed by atoms with Gasteiger partial charge in [-0.25, -0.2) is 14.4 Å². The van der Waals surface area contributed by atoms with Gasteiger partial charge in [0.25, 0.3) is 5.91 Å². The summed E-state index contributed by atoms with van der Waals surface area (Å²) in [5.74, 6) is 0.170. The topological polar surface area (TPSA) is 72.1 Å². The zero-order valence-corrected chi connectivity index (χ0v) is 12.7. The lowest BCUT2D eigenvalue weighted by molar-refractivity contribution is 0.100. The van der Waals surface area contributed by atoms with Crippen LogP contribution in [0.3, 0.4) is 0 Å². The predicted octanol–water partition coefficient (Wildman–Crippen LogP) is 1.95. The molecule has 0 radical (unpaired) electrons. The second-order valence-electron chi connectivity index (χ2n) is 5.68. The molecule has 0 saturated carbocycles. The van der Waals surface area contributed by atoms with E-state index in [2.05, 4.69) is 9.97 Å². The molecule has 0 spiro atoms. The van der Waals surface area contributed by atoms with Crippen LogP contribution < -0.4 is 10.6 Å². The van der Waals surface area contributed by atoms with Crippen LogP contribution >= 0.6 is 11.3 Å². The maximum absolute atomic E-state index is 13.1. The third kappa shape index (κ3) is 2.16. The number of alkyl halides is 1. The molecular formula is C15H15FN4OS. The Labute approximate surface area is 131 Å². The first kappa shape index (κ1) is 13.6. The molecule has 114 valence electrons. The van der Waals surface area contributed by atoms with Crippen molar-refractivity contribution in [3.8, 4) is 10.6 Å². The minimum Gasteiger partial charge on any atom is -0.365 e. The standard InChI is InChI=1S/C15H15FN4OS/c16-8-6-20(7-8)15-18-10-3-1-2-9(10)13(19-15)11-4-5-12(22-11)14(17)21/h4-5,8H,1-3,6-7H2,(H2,17,21). The average Bonchev–Trinajstić information content (AvgIpc) is 3.11. The average molecular weight is 318 g/mol. The highest BCUT2D eigenvalue weighted by Gasteiger charge is 2.31. The number of anilines is 1. The van der Waals surface area contributed by atoms with Gasteiger partial charge in [-0.05, 0) is 31.4 Å². The zero-order chi connectivity index (χ0) is 15.3. The second kappa shape index (κ2) is 5.01. The summed E-state index contributed by atoms with van der Waals surface area (Å²) in [6, 6.07) is 3.61. The third-order valence-corrected chi connectivity index (χ3v) is 5.23. The van der Waals surface area contributed by atoms with Gasteiger partial charge in [0.15, 0.2) is 0 Å². The molecule has 1 fully saturated rings. The van der Waals surface area contributed by atoms with Crippen LogP contribution in [0.2, 0.25) is 0 Å². The number of primary amides is 1. The predicted molar refractivity (Wildman–Crippen MR) is 83.0 cm³/mol. The number of hydrogen-bond donors (Lipinski definition) is 1. The van der Waals surface area contributed by atoms with E-state index in [4.69, 9.17) is 5.73 Å². The summed E-state index contributed by atoms with van der Waals surface area (Å²) in [7, 11) is 0. The van der Waals surface area contributed by atoms with E-state index < -0.39 is 12.1 Å². The molecule has 3 heterocycles. The van der Waals surface area contributed by atoms with Crippen molar-refractivity contribution in [1.82, 2.24) is 9.97 Å². The number of rotatable bonds is 3. The summed E-state index contributed by atoms with van der Waals surface area (Å²) in [5, 5.41) is 0.